The highest BCUT2D eigenvalue weighted by atomic mass is 32.3. The van der Waals surface area contributed by atoms with Gasteiger partial charge < -0.3 is 50.0 Å². The standard InChI is InChI=1S/2C28H52O4P.H2O4S/c2*29-21-25(13-5-1-6-14-25)33(26(22-30)15-7-2-8-16-26,27(23-31)17-9-3-10-18-27)28(24-32)19-11-4-12-20-28;1-5(2,3)4/h2*29-32H,1-24H2;(H2,1,2,3,4)/q2*+1;/p-2. The molecule has 0 aliphatic heterocycles. The largest absolute Gasteiger partial charge is 0.759 e. The monoisotopic (exact) mass is 1060 g/mol. The van der Waals surface area contributed by atoms with Gasteiger partial charge in [0.25, 0.3) is 0 Å². The summed E-state index contributed by atoms with van der Waals surface area (Å²) in [5.41, 5.74) is 0. The van der Waals surface area contributed by atoms with Crippen molar-refractivity contribution in [3.8, 4) is 0 Å². The van der Waals surface area contributed by atoms with E-state index in [4.69, 9.17) is 17.5 Å². The van der Waals surface area contributed by atoms with E-state index in [1.807, 2.05) is 0 Å². The van der Waals surface area contributed by atoms with E-state index in [1.54, 1.807) is 0 Å². The van der Waals surface area contributed by atoms with Gasteiger partial charge in [-0.2, -0.15) is 0 Å². The van der Waals surface area contributed by atoms with Crippen molar-refractivity contribution in [2.45, 2.75) is 298 Å². The molecule has 0 aromatic rings. The van der Waals surface area contributed by atoms with Crippen molar-refractivity contribution in [2.24, 2.45) is 0 Å². The third-order valence-electron chi connectivity index (χ3n) is 22.3. The maximum atomic E-state index is 11.5. The van der Waals surface area contributed by atoms with Gasteiger partial charge in [-0.25, -0.2) is 0 Å². The second-order valence-electron chi connectivity index (χ2n) is 25.3. The van der Waals surface area contributed by atoms with Gasteiger partial charge in [0.2, 0.25) is 0 Å². The van der Waals surface area contributed by atoms with Crippen LogP contribution in [0, 0.1) is 0 Å². The zero-order valence-corrected chi connectivity index (χ0v) is 47.1. The molecule has 15 heteroatoms. The van der Waals surface area contributed by atoms with Gasteiger partial charge in [0.1, 0.15) is 41.2 Å². The highest BCUT2D eigenvalue weighted by molar-refractivity contribution is 7.82. The fraction of sp³-hybridized carbons (Fsp3) is 1.00. The molecule has 0 saturated heterocycles. The van der Waals surface area contributed by atoms with Crippen LogP contribution in [0.2, 0.25) is 0 Å². The molecule has 0 spiro atoms. The summed E-state index contributed by atoms with van der Waals surface area (Å²) in [5.74, 6) is 0. The summed E-state index contributed by atoms with van der Waals surface area (Å²) in [6.07, 6.45) is 44.6. The topological polar surface area (TPSA) is 242 Å². The van der Waals surface area contributed by atoms with Crippen LogP contribution in [0.1, 0.15) is 257 Å². The number of rotatable bonds is 16. The Kier molecular flexibility index (Phi) is 22.1. The van der Waals surface area contributed by atoms with Crippen molar-refractivity contribution in [3.63, 3.8) is 0 Å². The fourth-order valence-electron chi connectivity index (χ4n) is 20.5. The third-order valence-corrected chi connectivity index (χ3v) is 38.4. The third kappa shape index (κ3) is 10.6. The maximum Gasteiger partial charge on any atom is 0.105 e. The number of hydrogen-bond donors (Lipinski definition) is 8. The Labute approximate surface area is 432 Å². The molecule has 0 unspecified atom stereocenters. The van der Waals surface area contributed by atoms with E-state index in [1.165, 1.54) is 51.4 Å². The molecule has 0 heterocycles. The van der Waals surface area contributed by atoms with Gasteiger partial charge >= 0.3 is 0 Å². The Hall–Kier alpha value is 0.410. The number of hydrogen-bond acceptors (Lipinski definition) is 12. The van der Waals surface area contributed by atoms with Crippen LogP contribution < -0.4 is 0 Å². The van der Waals surface area contributed by atoms with Crippen LogP contribution in [-0.4, -0.2) is 152 Å². The highest BCUT2D eigenvalue weighted by Gasteiger charge is 2.85. The van der Waals surface area contributed by atoms with Crippen molar-refractivity contribution in [3.05, 3.63) is 0 Å². The molecule has 0 aromatic carbocycles. The molecular formula is C56H104O12P2S. The van der Waals surface area contributed by atoms with Crippen molar-refractivity contribution in [1.29, 1.82) is 0 Å². The van der Waals surface area contributed by atoms with E-state index in [-0.39, 0.29) is 94.1 Å². The molecule has 416 valence electrons. The Bertz CT molecular complexity index is 1350. The van der Waals surface area contributed by atoms with Gasteiger partial charge in [0.05, 0.1) is 52.9 Å². The molecule has 8 aliphatic rings. The summed E-state index contributed by atoms with van der Waals surface area (Å²) >= 11 is 0. The first-order valence-electron chi connectivity index (χ1n) is 29.5. The van der Waals surface area contributed by atoms with Crippen LogP contribution in [0.4, 0.5) is 0 Å². The van der Waals surface area contributed by atoms with E-state index in [9.17, 15) is 40.9 Å². The average molecular weight is 1060 g/mol. The van der Waals surface area contributed by atoms with Gasteiger partial charge in [0.15, 0.2) is 0 Å². The average Bonchev–Trinajstić information content (AvgIpc) is 3.42. The summed E-state index contributed by atoms with van der Waals surface area (Å²) in [6.45, 7) is 1.49. The molecule has 0 bridgehead atoms. The fourth-order valence-corrected chi connectivity index (χ4v) is 42.2. The minimum Gasteiger partial charge on any atom is -0.759 e. The lowest BCUT2D eigenvalue weighted by Crippen LogP contribution is -2.67. The zero-order valence-electron chi connectivity index (χ0n) is 44.5. The molecule has 0 atom stereocenters. The molecular weight excluding hydrogens is 959 g/mol. The quantitative estimate of drug-likeness (QED) is 0.0409. The second kappa shape index (κ2) is 25.9. The molecule has 12 nitrogen and oxygen atoms in total. The van der Waals surface area contributed by atoms with Crippen molar-refractivity contribution in [1.82, 2.24) is 0 Å². The second-order valence-corrected chi connectivity index (χ2v) is 36.4. The SMILES string of the molecule is O=S(=O)([O-])[O-].OCC1([P+](C2(CO)CCCCC2)(C2(CO)CCCCC2)C2(CO)CCCCC2)CCCCC1.OCC1([P+](C2(CO)CCCCC2)(C2(CO)CCCCC2)C2(CO)CCCCC2)CCCCC1. The maximum absolute atomic E-state index is 11.5. The van der Waals surface area contributed by atoms with Crippen molar-refractivity contribution >= 4 is 24.9 Å². The highest BCUT2D eigenvalue weighted by Crippen LogP contribution is 2.97. The molecule has 8 saturated carbocycles. The van der Waals surface area contributed by atoms with Crippen LogP contribution in [-0.2, 0) is 10.4 Å². The van der Waals surface area contributed by atoms with Crippen molar-refractivity contribution < 1.29 is 58.4 Å². The lowest BCUT2D eigenvalue weighted by molar-refractivity contribution is 0.132. The van der Waals surface area contributed by atoms with Gasteiger partial charge in [-0.15, -0.1) is 0 Å². The first-order valence-corrected chi connectivity index (χ1v) is 34.4. The van der Waals surface area contributed by atoms with Crippen molar-refractivity contribution in [2.75, 3.05) is 52.9 Å². The summed E-state index contributed by atoms with van der Waals surface area (Å²) < 4.78 is 34.1. The summed E-state index contributed by atoms with van der Waals surface area (Å²) in [4.78, 5) is 0. The van der Waals surface area contributed by atoms with E-state index < -0.39 is 24.9 Å². The molecule has 0 aromatic heterocycles. The smallest absolute Gasteiger partial charge is 0.105 e. The zero-order chi connectivity index (χ0) is 51.4. The minimum atomic E-state index is -5.17. The van der Waals surface area contributed by atoms with Gasteiger partial charge in [-0.1, -0.05) is 51.4 Å². The Morgan fingerprint density at radius 2 is 0.324 bits per heavy atom. The number of aliphatic hydroxyl groups is 8. The molecule has 8 N–H and O–H groups in total. The predicted molar refractivity (Wildman–Crippen MR) is 288 cm³/mol. The van der Waals surface area contributed by atoms with E-state index in [0.717, 1.165) is 205 Å². The van der Waals surface area contributed by atoms with Crippen LogP contribution in [0.5, 0.6) is 0 Å². The minimum absolute atomic E-state index is 0.187. The van der Waals surface area contributed by atoms with Crippen LogP contribution in [0.3, 0.4) is 0 Å². The predicted octanol–water partition coefficient (Wildman–Crippen LogP) is 10.2. The first-order chi connectivity index (χ1) is 34.1. The lowest BCUT2D eigenvalue weighted by atomic mass is 9.85. The van der Waals surface area contributed by atoms with E-state index in [2.05, 4.69) is 0 Å². The Morgan fingerprint density at radius 3 is 0.394 bits per heavy atom. The van der Waals surface area contributed by atoms with Gasteiger partial charge in [-0.05, 0) is 205 Å². The van der Waals surface area contributed by atoms with Gasteiger partial charge in [-0.3, -0.25) is 8.42 Å². The molecule has 0 radical (unpaired) electrons. The summed E-state index contributed by atoms with van der Waals surface area (Å²) in [7, 11) is -9.81. The van der Waals surface area contributed by atoms with Crippen LogP contribution in [0.15, 0.2) is 0 Å². The van der Waals surface area contributed by atoms with E-state index in [0.29, 0.717) is 0 Å². The molecule has 71 heavy (non-hydrogen) atoms. The van der Waals surface area contributed by atoms with Gasteiger partial charge in [0, 0.05) is 24.9 Å². The number of aliphatic hydroxyl groups excluding tert-OH is 8. The summed E-state index contributed by atoms with van der Waals surface area (Å²) in [6, 6.07) is 0. The molecule has 8 aliphatic carbocycles. The normalized spacial score (nSPS) is 28.2. The Morgan fingerprint density at radius 1 is 0.239 bits per heavy atom. The molecule has 8 fully saturated rings. The lowest BCUT2D eigenvalue weighted by Gasteiger charge is -2.70. The van der Waals surface area contributed by atoms with Crippen LogP contribution >= 0.6 is 14.5 Å². The molecule has 0 amide bonds. The molecule has 8 rings (SSSR count). The van der Waals surface area contributed by atoms with E-state index >= 15 is 0 Å². The van der Waals surface area contributed by atoms with Crippen LogP contribution in [0.25, 0.3) is 0 Å². The first kappa shape index (κ1) is 60.6. The Balaban J connectivity index is 0.000000212. The summed E-state index contributed by atoms with van der Waals surface area (Å²) in [5, 5.41) is 90.1.